The fourth-order valence-electron chi connectivity index (χ4n) is 2.98. The Kier molecular flexibility index (Phi) is 6.06. The highest BCUT2D eigenvalue weighted by molar-refractivity contribution is 6.09. The van der Waals surface area contributed by atoms with Gasteiger partial charge < -0.3 is 10.6 Å². The number of nitriles is 1. The fraction of sp³-hybridized carbons (Fsp3) is 0.125. The van der Waals surface area contributed by atoms with Gasteiger partial charge in [0.2, 0.25) is 0 Å². The standard InChI is InChI=1S/C24H21N3O2/c1-16(2)21-11-3-4-12-22(21)27-24(29)19-9-6-8-18(14-19)23(28)26-20-10-5-7-17(13-20)15-25/h3-14,16H,1-2H3,(H,26,28)(H,27,29). The van der Waals surface area contributed by atoms with Crippen LogP contribution in [0.5, 0.6) is 0 Å². The van der Waals surface area contributed by atoms with E-state index in [1.165, 1.54) is 0 Å². The molecule has 144 valence electrons. The van der Waals surface area contributed by atoms with Gasteiger partial charge in [-0.05, 0) is 53.9 Å². The maximum atomic E-state index is 12.7. The Labute approximate surface area is 170 Å². The van der Waals surface area contributed by atoms with Crippen molar-refractivity contribution >= 4 is 23.2 Å². The molecule has 5 nitrogen and oxygen atoms in total. The lowest BCUT2D eigenvalue weighted by molar-refractivity contribution is 0.102. The average Bonchev–Trinajstić information content (AvgIpc) is 2.74. The van der Waals surface area contributed by atoms with E-state index >= 15 is 0 Å². The number of carbonyl (C=O) groups is 2. The van der Waals surface area contributed by atoms with E-state index in [1.807, 2.05) is 30.3 Å². The Morgan fingerprint density at radius 3 is 2.17 bits per heavy atom. The van der Waals surface area contributed by atoms with Crippen LogP contribution < -0.4 is 10.6 Å². The molecule has 3 aromatic rings. The summed E-state index contributed by atoms with van der Waals surface area (Å²) in [6.45, 7) is 4.13. The summed E-state index contributed by atoms with van der Waals surface area (Å²) in [4.78, 5) is 25.3. The highest BCUT2D eigenvalue weighted by Gasteiger charge is 2.13. The quantitative estimate of drug-likeness (QED) is 0.636. The SMILES string of the molecule is CC(C)c1ccccc1NC(=O)c1cccc(C(=O)Nc2cccc(C#N)c2)c1. The van der Waals surface area contributed by atoms with Crippen molar-refractivity contribution in [2.24, 2.45) is 0 Å². The van der Waals surface area contributed by atoms with Gasteiger partial charge in [-0.15, -0.1) is 0 Å². The van der Waals surface area contributed by atoms with Crippen LogP contribution in [-0.2, 0) is 0 Å². The van der Waals surface area contributed by atoms with Gasteiger partial charge in [0.25, 0.3) is 11.8 Å². The number of nitrogens with one attached hydrogen (secondary N) is 2. The molecular weight excluding hydrogens is 362 g/mol. The van der Waals surface area contributed by atoms with Crippen LogP contribution in [0.2, 0.25) is 0 Å². The lowest BCUT2D eigenvalue weighted by Crippen LogP contribution is -2.16. The number of carbonyl (C=O) groups excluding carboxylic acids is 2. The summed E-state index contributed by atoms with van der Waals surface area (Å²) in [6.07, 6.45) is 0. The number of anilines is 2. The number of para-hydroxylation sites is 1. The Balaban J connectivity index is 1.77. The third-order valence-corrected chi connectivity index (χ3v) is 4.47. The van der Waals surface area contributed by atoms with E-state index in [2.05, 4.69) is 24.5 Å². The molecule has 2 amide bonds. The van der Waals surface area contributed by atoms with Crippen molar-refractivity contribution in [2.45, 2.75) is 19.8 Å². The highest BCUT2D eigenvalue weighted by atomic mass is 16.2. The summed E-state index contributed by atoms with van der Waals surface area (Å²) in [6, 6.07) is 22.9. The summed E-state index contributed by atoms with van der Waals surface area (Å²) in [5, 5.41) is 14.7. The van der Waals surface area contributed by atoms with E-state index in [9.17, 15) is 9.59 Å². The number of benzene rings is 3. The molecule has 0 heterocycles. The van der Waals surface area contributed by atoms with E-state index in [4.69, 9.17) is 5.26 Å². The van der Waals surface area contributed by atoms with Crippen LogP contribution in [0.3, 0.4) is 0 Å². The van der Waals surface area contributed by atoms with Crippen molar-refractivity contribution in [1.82, 2.24) is 0 Å². The van der Waals surface area contributed by atoms with Gasteiger partial charge in [-0.2, -0.15) is 5.26 Å². The van der Waals surface area contributed by atoms with Crippen LogP contribution in [0.25, 0.3) is 0 Å². The molecule has 0 radical (unpaired) electrons. The Hall–Kier alpha value is -3.91. The summed E-state index contributed by atoms with van der Waals surface area (Å²) >= 11 is 0. The molecular formula is C24H21N3O2. The van der Waals surface area contributed by atoms with E-state index in [0.717, 1.165) is 11.3 Å². The zero-order valence-corrected chi connectivity index (χ0v) is 16.3. The number of nitrogens with zero attached hydrogens (tertiary/aromatic N) is 1. The maximum Gasteiger partial charge on any atom is 0.255 e. The van der Waals surface area contributed by atoms with Crippen LogP contribution in [-0.4, -0.2) is 11.8 Å². The molecule has 0 bridgehead atoms. The van der Waals surface area contributed by atoms with Crippen molar-refractivity contribution < 1.29 is 9.59 Å². The molecule has 0 fully saturated rings. The minimum Gasteiger partial charge on any atom is -0.322 e. The van der Waals surface area contributed by atoms with Crippen molar-refractivity contribution in [3.63, 3.8) is 0 Å². The zero-order valence-electron chi connectivity index (χ0n) is 16.3. The number of hydrogen-bond donors (Lipinski definition) is 2. The van der Waals surface area contributed by atoms with Gasteiger partial charge in [-0.25, -0.2) is 0 Å². The molecule has 0 aliphatic carbocycles. The largest absolute Gasteiger partial charge is 0.322 e. The van der Waals surface area contributed by atoms with Gasteiger partial charge in [0.1, 0.15) is 0 Å². The molecule has 0 saturated heterocycles. The van der Waals surface area contributed by atoms with Gasteiger partial charge in [0.05, 0.1) is 11.6 Å². The first kappa shape index (κ1) is 19.8. The number of rotatable bonds is 5. The second-order valence-corrected chi connectivity index (χ2v) is 6.92. The predicted octanol–water partition coefficient (Wildman–Crippen LogP) is 5.19. The number of hydrogen-bond acceptors (Lipinski definition) is 3. The average molecular weight is 383 g/mol. The summed E-state index contributed by atoms with van der Waals surface area (Å²) in [5.41, 5.74) is 3.54. The third kappa shape index (κ3) is 4.88. The van der Waals surface area contributed by atoms with Crippen LogP contribution in [0.4, 0.5) is 11.4 Å². The second-order valence-electron chi connectivity index (χ2n) is 6.92. The molecule has 0 aromatic heterocycles. The maximum absolute atomic E-state index is 12.7. The van der Waals surface area contributed by atoms with Gasteiger partial charge >= 0.3 is 0 Å². The molecule has 5 heteroatoms. The molecule has 0 spiro atoms. The smallest absolute Gasteiger partial charge is 0.255 e. The molecule has 0 atom stereocenters. The molecule has 0 aliphatic rings. The summed E-state index contributed by atoms with van der Waals surface area (Å²) in [7, 11) is 0. The van der Waals surface area contributed by atoms with Crippen LogP contribution in [0.1, 0.15) is 51.6 Å². The van der Waals surface area contributed by atoms with Crippen LogP contribution >= 0.6 is 0 Å². The van der Waals surface area contributed by atoms with Crippen molar-refractivity contribution in [2.75, 3.05) is 10.6 Å². The van der Waals surface area contributed by atoms with Gasteiger partial charge in [0.15, 0.2) is 0 Å². The zero-order chi connectivity index (χ0) is 20.8. The van der Waals surface area contributed by atoms with E-state index in [1.54, 1.807) is 48.5 Å². The topological polar surface area (TPSA) is 82.0 Å². The van der Waals surface area contributed by atoms with Crippen LogP contribution in [0.15, 0.2) is 72.8 Å². The molecule has 3 aromatic carbocycles. The lowest BCUT2D eigenvalue weighted by atomic mass is 10.0. The monoisotopic (exact) mass is 383 g/mol. The van der Waals surface area contributed by atoms with E-state index in [-0.39, 0.29) is 17.7 Å². The first-order valence-corrected chi connectivity index (χ1v) is 9.30. The molecule has 0 unspecified atom stereocenters. The van der Waals surface area contributed by atoms with Gasteiger partial charge in [-0.3, -0.25) is 9.59 Å². The van der Waals surface area contributed by atoms with Crippen molar-refractivity contribution in [3.8, 4) is 6.07 Å². The minimum atomic E-state index is -0.350. The first-order valence-electron chi connectivity index (χ1n) is 9.30. The second kappa shape index (κ2) is 8.85. The molecule has 2 N–H and O–H groups in total. The highest BCUT2D eigenvalue weighted by Crippen LogP contribution is 2.24. The van der Waals surface area contributed by atoms with Crippen LogP contribution in [0, 0.1) is 11.3 Å². The Bertz CT molecular complexity index is 1100. The summed E-state index contributed by atoms with van der Waals surface area (Å²) < 4.78 is 0. The first-order chi connectivity index (χ1) is 14.0. The van der Waals surface area contributed by atoms with E-state index in [0.29, 0.717) is 22.4 Å². The fourth-order valence-corrected chi connectivity index (χ4v) is 2.98. The van der Waals surface area contributed by atoms with Crippen molar-refractivity contribution in [1.29, 1.82) is 5.26 Å². The normalized spacial score (nSPS) is 10.3. The third-order valence-electron chi connectivity index (χ3n) is 4.47. The van der Waals surface area contributed by atoms with Crippen molar-refractivity contribution in [3.05, 3.63) is 95.1 Å². The molecule has 29 heavy (non-hydrogen) atoms. The molecule has 3 rings (SSSR count). The Morgan fingerprint density at radius 1 is 0.828 bits per heavy atom. The number of amides is 2. The molecule has 0 aliphatic heterocycles. The Morgan fingerprint density at radius 2 is 1.48 bits per heavy atom. The molecule has 0 saturated carbocycles. The minimum absolute atomic E-state index is 0.271. The summed E-state index contributed by atoms with van der Waals surface area (Å²) in [5.74, 6) is -0.357. The van der Waals surface area contributed by atoms with E-state index < -0.39 is 0 Å². The lowest BCUT2D eigenvalue weighted by Gasteiger charge is -2.14. The van der Waals surface area contributed by atoms with Gasteiger partial charge in [-0.1, -0.05) is 44.2 Å². The predicted molar refractivity (Wildman–Crippen MR) is 114 cm³/mol. The van der Waals surface area contributed by atoms with Gasteiger partial charge in [0, 0.05) is 22.5 Å².